The first-order valence-electron chi connectivity index (χ1n) is 15.0. The minimum absolute atomic E-state index is 0.0158. The smallest absolute Gasteiger partial charge is 0.306 e. The SMILES string of the molecule is COc1ccc([C@@H]2CN(C(C)(C)C)C[C@@]2(F)C(=O)N2CCC(c3ccc(CF)cc3N3CCC(C(=O)O)CC3)C2)cc1. The van der Waals surface area contributed by atoms with E-state index in [4.69, 9.17) is 4.74 Å². The van der Waals surface area contributed by atoms with Gasteiger partial charge < -0.3 is 19.6 Å². The van der Waals surface area contributed by atoms with Gasteiger partial charge in [-0.3, -0.25) is 14.5 Å². The maximum absolute atomic E-state index is 17.2. The number of benzene rings is 2. The molecule has 0 aliphatic carbocycles. The van der Waals surface area contributed by atoms with Crippen molar-refractivity contribution in [3.63, 3.8) is 0 Å². The van der Waals surface area contributed by atoms with E-state index in [1.165, 1.54) is 0 Å². The number of piperidine rings is 1. The van der Waals surface area contributed by atoms with E-state index in [1.807, 2.05) is 57.2 Å². The number of methoxy groups -OCH3 is 1. The van der Waals surface area contributed by atoms with Gasteiger partial charge in [-0.15, -0.1) is 0 Å². The molecule has 5 rings (SSSR count). The molecule has 0 aromatic heterocycles. The van der Waals surface area contributed by atoms with Crippen LogP contribution in [0.15, 0.2) is 42.5 Å². The van der Waals surface area contributed by atoms with Crippen molar-refractivity contribution in [2.45, 2.75) is 69.8 Å². The standard InChI is InChI=1S/C33H43F2N3O4/c1-32(2,3)38-20-28(23-6-8-26(42-4)9-7-23)33(35,21-38)31(41)37-16-13-25(19-37)27-10-5-22(18-34)17-29(27)36-14-11-24(12-15-36)30(39)40/h5-10,17,24-25,28H,11-16,18-21H2,1-4H3,(H,39,40)/t25?,28-,33-/m0/s1. The first kappa shape index (κ1) is 30.3. The fraction of sp³-hybridized carbons (Fsp3) is 0.576. The Hall–Kier alpha value is -3.20. The van der Waals surface area contributed by atoms with E-state index in [9.17, 15) is 19.1 Å². The highest BCUT2D eigenvalue weighted by molar-refractivity contribution is 5.88. The number of aliphatic carboxylic acids is 1. The van der Waals surface area contributed by atoms with Crippen LogP contribution in [0.4, 0.5) is 14.5 Å². The zero-order valence-corrected chi connectivity index (χ0v) is 25.1. The van der Waals surface area contributed by atoms with E-state index in [1.54, 1.807) is 18.1 Å². The number of carbonyl (C=O) groups is 2. The molecule has 0 saturated carbocycles. The molecule has 1 N–H and O–H groups in total. The number of anilines is 1. The van der Waals surface area contributed by atoms with Crippen molar-refractivity contribution in [1.82, 2.24) is 9.80 Å². The summed E-state index contributed by atoms with van der Waals surface area (Å²) in [5.74, 6) is -1.55. The molecule has 3 aliphatic rings. The van der Waals surface area contributed by atoms with Crippen molar-refractivity contribution < 1.29 is 28.2 Å². The van der Waals surface area contributed by atoms with Crippen LogP contribution >= 0.6 is 0 Å². The largest absolute Gasteiger partial charge is 0.497 e. The molecule has 3 atom stereocenters. The monoisotopic (exact) mass is 583 g/mol. The van der Waals surface area contributed by atoms with Crippen LogP contribution in [0.3, 0.4) is 0 Å². The highest BCUT2D eigenvalue weighted by Crippen LogP contribution is 2.45. The molecule has 3 fully saturated rings. The molecule has 2 aromatic rings. The molecule has 0 radical (unpaired) electrons. The molecular formula is C33H43F2N3O4. The normalized spacial score (nSPS) is 25.7. The lowest BCUT2D eigenvalue weighted by Crippen LogP contribution is -2.51. The van der Waals surface area contributed by atoms with Gasteiger partial charge in [0.25, 0.3) is 5.91 Å². The summed E-state index contributed by atoms with van der Waals surface area (Å²) < 4.78 is 36.2. The summed E-state index contributed by atoms with van der Waals surface area (Å²) in [4.78, 5) is 31.5. The maximum Gasteiger partial charge on any atom is 0.306 e. The van der Waals surface area contributed by atoms with Gasteiger partial charge in [-0.25, -0.2) is 8.78 Å². The van der Waals surface area contributed by atoms with Crippen LogP contribution in [0.5, 0.6) is 5.75 Å². The number of amides is 1. The summed E-state index contributed by atoms with van der Waals surface area (Å²) in [6, 6.07) is 12.9. The van der Waals surface area contributed by atoms with Gasteiger partial charge in [-0.1, -0.05) is 24.3 Å². The van der Waals surface area contributed by atoms with Crippen LogP contribution < -0.4 is 9.64 Å². The molecular weight excluding hydrogens is 540 g/mol. The fourth-order valence-corrected chi connectivity index (χ4v) is 6.87. The molecule has 1 unspecified atom stereocenters. The van der Waals surface area contributed by atoms with Crippen LogP contribution in [0.1, 0.15) is 68.6 Å². The summed E-state index contributed by atoms with van der Waals surface area (Å²) in [5, 5.41) is 9.43. The van der Waals surface area contributed by atoms with Gasteiger partial charge in [-0.2, -0.15) is 0 Å². The highest BCUT2D eigenvalue weighted by atomic mass is 19.1. The second-order valence-corrected chi connectivity index (χ2v) is 13.1. The second kappa shape index (κ2) is 11.8. The predicted molar refractivity (Wildman–Crippen MR) is 159 cm³/mol. The van der Waals surface area contributed by atoms with Crippen molar-refractivity contribution in [1.29, 1.82) is 0 Å². The predicted octanol–water partition coefficient (Wildman–Crippen LogP) is 5.39. The molecule has 3 saturated heterocycles. The number of carboxylic acids is 1. The van der Waals surface area contributed by atoms with E-state index in [2.05, 4.69) is 9.80 Å². The van der Waals surface area contributed by atoms with E-state index >= 15 is 4.39 Å². The Balaban J connectivity index is 1.38. The molecule has 0 spiro atoms. The van der Waals surface area contributed by atoms with Gasteiger partial charge in [-0.05, 0) is 74.9 Å². The number of nitrogens with zero attached hydrogens (tertiary/aromatic N) is 3. The lowest BCUT2D eigenvalue weighted by atomic mass is 9.85. The zero-order valence-electron chi connectivity index (χ0n) is 25.1. The number of carbonyl (C=O) groups excluding carboxylic acids is 1. The third-order valence-corrected chi connectivity index (χ3v) is 9.55. The van der Waals surface area contributed by atoms with E-state index in [0.717, 1.165) is 16.8 Å². The molecule has 3 heterocycles. The molecule has 0 bridgehead atoms. The number of hydrogen-bond donors (Lipinski definition) is 1. The quantitative estimate of drug-likeness (QED) is 0.472. The Kier molecular flexibility index (Phi) is 8.52. The summed E-state index contributed by atoms with van der Waals surface area (Å²) in [7, 11) is 1.59. The van der Waals surface area contributed by atoms with E-state index < -0.39 is 30.1 Å². The van der Waals surface area contributed by atoms with Crippen molar-refractivity contribution in [3.8, 4) is 5.75 Å². The Morgan fingerprint density at radius 1 is 1.02 bits per heavy atom. The number of carboxylic acid groups (broad SMARTS) is 1. The summed E-state index contributed by atoms with van der Waals surface area (Å²) in [5.41, 5.74) is 0.892. The van der Waals surface area contributed by atoms with Gasteiger partial charge >= 0.3 is 5.97 Å². The first-order valence-corrected chi connectivity index (χ1v) is 15.0. The summed E-state index contributed by atoms with van der Waals surface area (Å²) in [6.45, 7) is 8.01. The Bertz CT molecular complexity index is 1290. The lowest BCUT2D eigenvalue weighted by molar-refractivity contribution is -0.143. The van der Waals surface area contributed by atoms with Crippen molar-refractivity contribution in [2.24, 2.45) is 5.92 Å². The van der Waals surface area contributed by atoms with Crippen LogP contribution in [0, 0.1) is 5.92 Å². The number of rotatable bonds is 7. The van der Waals surface area contributed by atoms with Crippen LogP contribution in [-0.4, -0.2) is 84.4 Å². The average molecular weight is 584 g/mol. The molecule has 42 heavy (non-hydrogen) atoms. The number of alkyl halides is 2. The number of halogens is 2. The fourth-order valence-electron chi connectivity index (χ4n) is 6.87. The number of hydrogen-bond acceptors (Lipinski definition) is 5. The third kappa shape index (κ3) is 5.85. The zero-order chi connectivity index (χ0) is 30.2. The van der Waals surface area contributed by atoms with Crippen molar-refractivity contribution in [3.05, 3.63) is 59.2 Å². The van der Waals surface area contributed by atoms with Gasteiger partial charge in [0.05, 0.1) is 13.0 Å². The Morgan fingerprint density at radius 2 is 1.71 bits per heavy atom. The minimum Gasteiger partial charge on any atom is -0.497 e. The van der Waals surface area contributed by atoms with Gasteiger partial charge in [0.2, 0.25) is 5.67 Å². The van der Waals surface area contributed by atoms with Crippen LogP contribution in [0.25, 0.3) is 0 Å². The molecule has 1 amide bonds. The molecule has 9 heteroatoms. The van der Waals surface area contributed by atoms with Gasteiger partial charge in [0.15, 0.2) is 0 Å². The Morgan fingerprint density at radius 3 is 2.31 bits per heavy atom. The first-order chi connectivity index (χ1) is 19.9. The van der Waals surface area contributed by atoms with Crippen LogP contribution in [-0.2, 0) is 16.3 Å². The average Bonchev–Trinajstić information content (AvgIpc) is 3.62. The van der Waals surface area contributed by atoms with Gasteiger partial charge in [0.1, 0.15) is 12.4 Å². The van der Waals surface area contributed by atoms with E-state index in [0.29, 0.717) is 63.3 Å². The topological polar surface area (TPSA) is 73.3 Å². The number of ether oxygens (including phenoxy) is 1. The Labute approximate surface area is 247 Å². The number of likely N-dealkylation sites (tertiary alicyclic amines) is 2. The van der Waals surface area contributed by atoms with Crippen molar-refractivity contribution >= 4 is 17.6 Å². The lowest BCUT2D eigenvalue weighted by Gasteiger charge is -2.35. The molecule has 2 aromatic carbocycles. The van der Waals surface area contributed by atoms with Crippen LogP contribution in [0.2, 0.25) is 0 Å². The molecule has 3 aliphatic heterocycles. The molecule has 7 nitrogen and oxygen atoms in total. The van der Waals surface area contributed by atoms with Crippen molar-refractivity contribution in [2.75, 3.05) is 51.3 Å². The molecule has 228 valence electrons. The third-order valence-electron chi connectivity index (χ3n) is 9.55. The van der Waals surface area contributed by atoms with Gasteiger partial charge in [0, 0.05) is 62.3 Å². The summed E-state index contributed by atoms with van der Waals surface area (Å²) in [6.07, 6.45) is 1.75. The second-order valence-electron chi connectivity index (χ2n) is 13.1. The summed E-state index contributed by atoms with van der Waals surface area (Å²) >= 11 is 0. The van der Waals surface area contributed by atoms with E-state index in [-0.39, 0.29) is 23.9 Å². The minimum atomic E-state index is -2.07. The maximum atomic E-state index is 17.2. The highest BCUT2D eigenvalue weighted by Gasteiger charge is 2.57.